The molecular weight excluding hydrogens is 214 g/mol. The molecule has 0 bridgehead atoms. The number of hydrogen-bond acceptors (Lipinski definition) is 4. The molecule has 1 spiro atoms. The summed E-state index contributed by atoms with van der Waals surface area (Å²) in [5.41, 5.74) is 6.19. The molecule has 2 fully saturated rings. The molecule has 2 aliphatic heterocycles. The van der Waals surface area contributed by atoms with E-state index < -0.39 is 0 Å². The first kappa shape index (κ1) is 11.3. The van der Waals surface area contributed by atoms with Gasteiger partial charge in [-0.25, -0.2) is 0 Å². The molecule has 3 aliphatic rings. The van der Waals surface area contributed by atoms with E-state index in [9.17, 15) is 0 Å². The number of guanidine groups is 1. The largest absolute Gasteiger partial charge is 0.375 e. The minimum absolute atomic E-state index is 0.0415. The van der Waals surface area contributed by atoms with Crippen molar-refractivity contribution < 1.29 is 4.74 Å². The zero-order valence-corrected chi connectivity index (χ0v) is 10.9. The van der Waals surface area contributed by atoms with Crippen LogP contribution in [0.4, 0.5) is 0 Å². The van der Waals surface area contributed by atoms with Gasteiger partial charge < -0.3 is 15.4 Å². The molecule has 17 heavy (non-hydrogen) atoms. The molecule has 96 valence electrons. The molecule has 4 nitrogen and oxygen atoms in total. The van der Waals surface area contributed by atoms with Gasteiger partial charge in [-0.15, -0.1) is 0 Å². The Morgan fingerprint density at radius 3 is 2.88 bits per heavy atom. The van der Waals surface area contributed by atoms with E-state index in [1.54, 1.807) is 0 Å². The topological polar surface area (TPSA) is 50.9 Å². The molecule has 0 radical (unpaired) electrons. The molecule has 1 saturated carbocycles. The molecule has 0 amide bonds. The highest BCUT2D eigenvalue weighted by molar-refractivity contribution is 5.81. The number of ether oxygens (including phenoxy) is 1. The normalized spacial score (nSPS) is 36.4. The highest BCUT2D eigenvalue weighted by atomic mass is 16.5. The predicted molar refractivity (Wildman–Crippen MR) is 67.9 cm³/mol. The smallest absolute Gasteiger partial charge is 0.191 e. The molecule has 3 rings (SSSR count). The first-order valence-corrected chi connectivity index (χ1v) is 6.72. The van der Waals surface area contributed by atoms with Crippen LogP contribution in [0.1, 0.15) is 39.5 Å². The number of nitrogens with zero attached hydrogens (tertiary/aromatic N) is 2. The van der Waals surface area contributed by atoms with Crippen molar-refractivity contribution in [3.05, 3.63) is 0 Å². The fourth-order valence-corrected chi connectivity index (χ4v) is 3.30. The van der Waals surface area contributed by atoms with Gasteiger partial charge in [-0.2, -0.15) is 0 Å². The Hall–Kier alpha value is -0.770. The van der Waals surface area contributed by atoms with E-state index in [4.69, 9.17) is 10.5 Å². The highest BCUT2D eigenvalue weighted by Crippen LogP contribution is 2.41. The fourth-order valence-electron chi connectivity index (χ4n) is 3.30. The Morgan fingerprint density at radius 1 is 1.47 bits per heavy atom. The van der Waals surface area contributed by atoms with E-state index in [-0.39, 0.29) is 11.1 Å². The third kappa shape index (κ3) is 2.03. The molecule has 2 heterocycles. The molecule has 0 aromatic carbocycles. The van der Waals surface area contributed by atoms with E-state index in [2.05, 4.69) is 23.7 Å². The van der Waals surface area contributed by atoms with Crippen LogP contribution < -0.4 is 5.73 Å². The predicted octanol–water partition coefficient (Wildman–Crippen LogP) is 1.35. The lowest BCUT2D eigenvalue weighted by atomic mass is 9.80. The molecule has 0 aromatic rings. The SMILES string of the molecule is CC1(C)CC2(CCO1)CN=C(N)N2CC1CC1. The Labute approximate surface area is 103 Å². The van der Waals surface area contributed by atoms with Crippen molar-refractivity contribution >= 4 is 5.96 Å². The molecule has 1 atom stereocenters. The summed E-state index contributed by atoms with van der Waals surface area (Å²) in [5.74, 6) is 1.61. The van der Waals surface area contributed by atoms with Crippen LogP contribution in [0.2, 0.25) is 0 Å². The van der Waals surface area contributed by atoms with E-state index >= 15 is 0 Å². The maximum Gasteiger partial charge on any atom is 0.191 e. The van der Waals surface area contributed by atoms with Crippen LogP contribution in [-0.2, 0) is 4.74 Å². The van der Waals surface area contributed by atoms with Gasteiger partial charge in [0, 0.05) is 19.6 Å². The second-order valence-corrected chi connectivity index (χ2v) is 6.49. The van der Waals surface area contributed by atoms with Crippen LogP contribution in [0.3, 0.4) is 0 Å². The number of rotatable bonds is 2. The average Bonchev–Trinajstić information content (AvgIpc) is 3.00. The lowest BCUT2D eigenvalue weighted by Gasteiger charge is -2.48. The van der Waals surface area contributed by atoms with Gasteiger partial charge in [0.05, 0.1) is 17.7 Å². The number of hydrogen-bond donors (Lipinski definition) is 1. The quantitative estimate of drug-likeness (QED) is 0.789. The van der Waals surface area contributed by atoms with Crippen molar-refractivity contribution in [1.29, 1.82) is 0 Å². The molecular formula is C13H23N3O. The average molecular weight is 237 g/mol. The second kappa shape index (κ2) is 3.61. The minimum atomic E-state index is -0.0415. The standard InChI is InChI=1S/C13H23N3O/c1-12(2)8-13(5-6-17-12)9-15-11(14)16(13)7-10-3-4-10/h10H,3-9H2,1-2H3,(H2,14,15). The third-order valence-electron chi connectivity index (χ3n) is 4.34. The third-order valence-corrected chi connectivity index (χ3v) is 4.34. The Morgan fingerprint density at radius 2 is 2.24 bits per heavy atom. The van der Waals surface area contributed by atoms with Crippen LogP contribution >= 0.6 is 0 Å². The van der Waals surface area contributed by atoms with E-state index in [0.29, 0.717) is 0 Å². The van der Waals surface area contributed by atoms with Crippen LogP contribution in [0, 0.1) is 5.92 Å². The molecule has 4 heteroatoms. The highest BCUT2D eigenvalue weighted by Gasteiger charge is 2.49. The van der Waals surface area contributed by atoms with E-state index in [0.717, 1.165) is 44.4 Å². The molecule has 1 saturated heterocycles. The summed E-state index contributed by atoms with van der Waals surface area (Å²) >= 11 is 0. The van der Waals surface area contributed by atoms with Crippen molar-refractivity contribution in [3.8, 4) is 0 Å². The lowest BCUT2D eigenvalue weighted by molar-refractivity contribution is -0.102. The maximum atomic E-state index is 6.08. The maximum absolute atomic E-state index is 6.08. The van der Waals surface area contributed by atoms with Gasteiger partial charge in [0.15, 0.2) is 5.96 Å². The van der Waals surface area contributed by atoms with Gasteiger partial charge in [0.25, 0.3) is 0 Å². The fraction of sp³-hybridized carbons (Fsp3) is 0.923. The Bertz CT molecular complexity index is 349. The van der Waals surface area contributed by atoms with Crippen molar-refractivity contribution in [3.63, 3.8) is 0 Å². The first-order valence-electron chi connectivity index (χ1n) is 6.72. The monoisotopic (exact) mass is 237 g/mol. The van der Waals surface area contributed by atoms with Gasteiger partial charge in [0.1, 0.15) is 0 Å². The number of aliphatic imine (C=N–C) groups is 1. The van der Waals surface area contributed by atoms with Gasteiger partial charge in [-0.3, -0.25) is 4.99 Å². The zero-order valence-electron chi connectivity index (χ0n) is 10.9. The van der Waals surface area contributed by atoms with Crippen molar-refractivity contribution in [1.82, 2.24) is 4.90 Å². The van der Waals surface area contributed by atoms with Gasteiger partial charge in [-0.1, -0.05) is 0 Å². The van der Waals surface area contributed by atoms with E-state index in [1.807, 2.05) is 0 Å². The Kier molecular flexibility index (Phi) is 2.41. The zero-order chi connectivity index (χ0) is 12.1. The summed E-state index contributed by atoms with van der Waals surface area (Å²) in [5, 5.41) is 0. The van der Waals surface area contributed by atoms with Crippen LogP contribution in [0.15, 0.2) is 4.99 Å². The first-order chi connectivity index (χ1) is 8.01. The van der Waals surface area contributed by atoms with Gasteiger partial charge in [-0.05, 0) is 39.0 Å². The summed E-state index contributed by atoms with van der Waals surface area (Å²) < 4.78 is 5.84. The van der Waals surface area contributed by atoms with Crippen molar-refractivity contribution in [2.24, 2.45) is 16.6 Å². The molecule has 1 unspecified atom stereocenters. The van der Waals surface area contributed by atoms with Crippen LogP contribution in [0.5, 0.6) is 0 Å². The van der Waals surface area contributed by atoms with Gasteiger partial charge >= 0.3 is 0 Å². The number of nitrogens with two attached hydrogens (primary N) is 1. The van der Waals surface area contributed by atoms with Crippen LogP contribution in [-0.4, -0.2) is 41.7 Å². The van der Waals surface area contributed by atoms with Crippen LogP contribution in [0.25, 0.3) is 0 Å². The second-order valence-electron chi connectivity index (χ2n) is 6.49. The Balaban J connectivity index is 1.80. The van der Waals surface area contributed by atoms with Crippen molar-refractivity contribution in [2.45, 2.75) is 50.7 Å². The summed E-state index contributed by atoms with van der Waals surface area (Å²) in [4.78, 5) is 6.89. The summed E-state index contributed by atoms with van der Waals surface area (Å²) in [6, 6.07) is 0. The minimum Gasteiger partial charge on any atom is -0.375 e. The van der Waals surface area contributed by atoms with Crippen molar-refractivity contribution in [2.75, 3.05) is 19.7 Å². The molecule has 1 aliphatic carbocycles. The van der Waals surface area contributed by atoms with Gasteiger partial charge in [0.2, 0.25) is 0 Å². The summed E-state index contributed by atoms with van der Waals surface area (Å²) in [6.07, 6.45) is 4.82. The van der Waals surface area contributed by atoms with E-state index in [1.165, 1.54) is 12.8 Å². The molecule has 0 aromatic heterocycles. The summed E-state index contributed by atoms with van der Waals surface area (Å²) in [7, 11) is 0. The summed E-state index contributed by atoms with van der Waals surface area (Å²) in [6.45, 7) is 7.15. The lowest BCUT2D eigenvalue weighted by Crippen LogP contribution is -2.58. The molecule has 2 N–H and O–H groups in total.